The standard InChI is InChI=1S/C26H23BrN4O4/c1-14-19-11-20-21(12-22(19)35-25(33)23(14)24(28)32)31(13-15-3-5-16(27)6-4-15)26(30-20)29-17-7-9-18(34-2)10-8-17/h3-7,9-12,17H,8,13H2,1-2H3,(H2,28,32)(H,29,30). The number of halogens is 1. The Morgan fingerprint density at radius 2 is 2.09 bits per heavy atom. The minimum Gasteiger partial charge on any atom is -0.497 e. The SMILES string of the molecule is COC1=CCC(Nc2nc3cc4c(C)c(C(N)=O)c(=O)oc4cc3n2Cc2ccc(Br)cc2)C=C1. The van der Waals surface area contributed by atoms with Crippen molar-refractivity contribution in [1.82, 2.24) is 9.55 Å². The van der Waals surface area contributed by atoms with Crippen LogP contribution in [0, 0.1) is 6.92 Å². The Morgan fingerprint density at radius 1 is 1.31 bits per heavy atom. The van der Waals surface area contributed by atoms with Crippen LogP contribution in [0.4, 0.5) is 5.95 Å². The number of allylic oxidation sites excluding steroid dienone is 1. The van der Waals surface area contributed by atoms with Gasteiger partial charge in [-0.3, -0.25) is 4.79 Å². The number of primary amides is 1. The fourth-order valence-electron chi connectivity index (χ4n) is 4.32. The highest BCUT2D eigenvalue weighted by Crippen LogP contribution is 2.29. The molecule has 2 aromatic carbocycles. The average molecular weight is 535 g/mol. The maximum atomic E-state index is 12.4. The van der Waals surface area contributed by atoms with Gasteiger partial charge in [-0.15, -0.1) is 0 Å². The Kier molecular flexibility index (Phi) is 5.94. The van der Waals surface area contributed by atoms with Crippen LogP contribution in [0.3, 0.4) is 0 Å². The largest absolute Gasteiger partial charge is 0.497 e. The number of methoxy groups -OCH3 is 1. The van der Waals surface area contributed by atoms with Crippen LogP contribution in [0.1, 0.15) is 27.9 Å². The van der Waals surface area contributed by atoms with Crippen LogP contribution >= 0.6 is 15.9 Å². The number of hydrogen-bond donors (Lipinski definition) is 2. The molecule has 0 aliphatic heterocycles. The van der Waals surface area contributed by atoms with Gasteiger partial charge in [-0.25, -0.2) is 9.78 Å². The number of nitrogens with two attached hydrogens (primary N) is 1. The zero-order valence-electron chi connectivity index (χ0n) is 19.2. The normalized spacial score (nSPS) is 15.4. The fraction of sp³-hybridized carbons (Fsp3) is 0.192. The lowest BCUT2D eigenvalue weighted by Crippen LogP contribution is -2.22. The summed E-state index contributed by atoms with van der Waals surface area (Å²) in [5, 5.41) is 4.14. The van der Waals surface area contributed by atoms with Crippen molar-refractivity contribution in [2.45, 2.75) is 25.9 Å². The highest BCUT2D eigenvalue weighted by molar-refractivity contribution is 9.10. The van der Waals surface area contributed by atoms with Crippen LogP contribution in [-0.4, -0.2) is 28.6 Å². The van der Waals surface area contributed by atoms with Crippen molar-refractivity contribution >= 4 is 49.8 Å². The lowest BCUT2D eigenvalue weighted by molar-refractivity contribution is 0.0996. The molecule has 9 heteroatoms. The van der Waals surface area contributed by atoms with Gasteiger partial charge in [0.15, 0.2) is 0 Å². The zero-order valence-corrected chi connectivity index (χ0v) is 20.8. The van der Waals surface area contributed by atoms with E-state index in [9.17, 15) is 9.59 Å². The minimum absolute atomic E-state index is 0.0323. The molecule has 1 unspecified atom stereocenters. The van der Waals surface area contributed by atoms with E-state index < -0.39 is 11.5 Å². The van der Waals surface area contributed by atoms with Crippen LogP contribution in [0.2, 0.25) is 0 Å². The van der Waals surface area contributed by atoms with E-state index in [0.29, 0.717) is 34.5 Å². The molecule has 2 aromatic heterocycles. The lowest BCUT2D eigenvalue weighted by atomic mass is 10.1. The number of carbonyl (C=O) groups is 1. The molecule has 1 aliphatic rings. The second-order valence-corrected chi connectivity index (χ2v) is 9.31. The molecule has 1 atom stereocenters. The molecule has 2 heterocycles. The Hall–Kier alpha value is -3.85. The minimum atomic E-state index is -0.811. The maximum Gasteiger partial charge on any atom is 0.349 e. The summed E-state index contributed by atoms with van der Waals surface area (Å²) >= 11 is 3.48. The Balaban J connectivity index is 1.65. The number of carbonyl (C=O) groups excluding carboxylic acids is 1. The van der Waals surface area contributed by atoms with Crippen molar-refractivity contribution in [2.24, 2.45) is 5.73 Å². The van der Waals surface area contributed by atoms with Crippen molar-refractivity contribution in [1.29, 1.82) is 0 Å². The number of hydrogen-bond acceptors (Lipinski definition) is 6. The van der Waals surface area contributed by atoms with Gasteiger partial charge < -0.3 is 24.8 Å². The monoisotopic (exact) mass is 534 g/mol. The van der Waals surface area contributed by atoms with E-state index in [4.69, 9.17) is 19.9 Å². The van der Waals surface area contributed by atoms with Gasteiger partial charge in [-0.05, 0) is 54.8 Å². The molecule has 5 rings (SSSR count). The van der Waals surface area contributed by atoms with Gasteiger partial charge >= 0.3 is 5.63 Å². The molecule has 0 saturated heterocycles. The van der Waals surface area contributed by atoms with Crippen molar-refractivity contribution in [2.75, 3.05) is 12.4 Å². The van der Waals surface area contributed by atoms with E-state index in [1.807, 2.05) is 48.6 Å². The van der Waals surface area contributed by atoms with E-state index in [2.05, 4.69) is 25.8 Å². The van der Waals surface area contributed by atoms with Crippen LogP contribution in [0.15, 0.2) is 74.1 Å². The molecule has 0 radical (unpaired) electrons. The van der Waals surface area contributed by atoms with Crippen LogP contribution in [0.25, 0.3) is 22.0 Å². The van der Waals surface area contributed by atoms with Crippen molar-refractivity contribution in [3.05, 3.63) is 92.0 Å². The summed E-state index contributed by atoms with van der Waals surface area (Å²) in [6.07, 6.45) is 6.75. The van der Waals surface area contributed by atoms with Gasteiger partial charge in [0.2, 0.25) is 5.95 Å². The third kappa shape index (κ3) is 4.35. The summed E-state index contributed by atoms with van der Waals surface area (Å²) < 4.78 is 13.8. The predicted molar refractivity (Wildman–Crippen MR) is 139 cm³/mol. The number of amides is 1. The van der Waals surface area contributed by atoms with Gasteiger partial charge in [0, 0.05) is 15.9 Å². The third-order valence-electron chi connectivity index (χ3n) is 6.15. The lowest BCUT2D eigenvalue weighted by Gasteiger charge is -2.19. The molecule has 0 saturated carbocycles. The van der Waals surface area contributed by atoms with Crippen molar-refractivity contribution in [3.8, 4) is 0 Å². The van der Waals surface area contributed by atoms with Crippen LogP contribution in [0.5, 0.6) is 0 Å². The highest BCUT2D eigenvalue weighted by atomic mass is 79.9. The molecule has 178 valence electrons. The number of rotatable bonds is 6. The van der Waals surface area contributed by atoms with Gasteiger partial charge in [0.25, 0.3) is 5.91 Å². The molecule has 0 bridgehead atoms. The molecule has 1 amide bonds. The molecule has 3 N–H and O–H groups in total. The number of fused-ring (bicyclic) bond motifs is 2. The predicted octanol–water partition coefficient (Wildman–Crippen LogP) is 4.63. The summed E-state index contributed by atoms with van der Waals surface area (Å²) in [7, 11) is 1.65. The topological polar surface area (TPSA) is 112 Å². The molecular weight excluding hydrogens is 512 g/mol. The number of anilines is 1. The first kappa shape index (κ1) is 22.9. The Labute approximate surface area is 209 Å². The second kappa shape index (κ2) is 9.07. The van der Waals surface area contributed by atoms with E-state index in [0.717, 1.165) is 27.7 Å². The van der Waals surface area contributed by atoms with Crippen molar-refractivity contribution < 1.29 is 13.9 Å². The van der Waals surface area contributed by atoms with Crippen molar-refractivity contribution in [3.63, 3.8) is 0 Å². The second-order valence-electron chi connectivity index (χ2n) is 8.40. The first-order valence-electron chi connectivity index (χ1n) is 11.0. The van der Waals surface area contributed by atoms with Gasteiger partial charge in [-0.2, -0.15) is 0 Å². The van der Waals surface area contributed by atoms with Crippen LogP contribution in [-0.2, 0) is 11.3 Å². The van der Waals surface area contributed by atoms with Gasteiger partial charge in [0.1, 0.15) is 16.9 Å². The van der Waals surface area contributed by atoms with E-state index >= 15 is 0 Å². The molecule has 8 nitrogen and oxygen atoms in total. The number of ether oxygens (including phenoxy) is 1. The van der Waals surface area contributed by atoms with Gasteiger partial charge in [0.05, 0.1) is 30.7 Å². The Morgan fingerprint density at radius 3 is 2.74 bits per heavy atom. The number of benzene rings is 2. The molecular formula is C26H23BrN4O4. The molecule has 0 spiro atoms. The summed E-state index contributed by atoms with van der Waals surface area (Å²) in [5.41, 5.74) is 7.97. The van der Waals surface area contributed by atoms with Gasteiger partial charge in [-0.1, -0.05) is 34.1 Å². The number of aryl methyl sites for hydroxylation is 1. The van der Waals surface area contributed by atoms with E-state index in [-0.39, 0.29) is 11.6 Å². The number of nitrogens with one attached hydrogen (secondary N) is 1. The number of nitrogens with zero attached hydrogens (tertiary/aromatic N) is 2. The first-order valence-corrected chi connectivity index (χ1v) is 11.8. The third-order valence-corrected chi connectivity index (χ3v) is 6.68. The van der Waals surface area contributed by atoms with E-state index in [1.165, 1.54) is 0 Å². The summed E-state index contributed by atoms with van der Waals surface area (Å²) in [6, 6.07) is 11.7. The van der Waals surface area contributed by atoms with E-state index in [1.54, 1.807) is 20.1 Å². The summed E-state index contributed by atoms with van der Waals surface area (Å²) in [4.78, 5) is 29.1. The smallest absolute Gasteiger partial charge is 0.349 e. The van der Waals surface area contributed by atoms with Crippen LogP contribution < -0.4 is 16.7 Å². The molecule has 0 fully saturated rings. The maximum absolute atomic E-state index is 12.4. The Bertz CT molecular complexity index is 1580. The molecule has 1 aliphatic carbocycles. The quantitative estimate of drug-likeness (QED) is 0.348. The zero-order chi connectivity index (χ0) is 24.7. The molecule has 4 aromatic rings. The summed E-state index contributed by atoms with van der Waals surface area (Å²) in [5.74, 6) is 0.694. The fourth-order valence-corrected chi connectivity index (χ4v) is 4.59. The number of imidazole rings is 1. The highest BCUT2D eigenvalue weighted by Gasteiger charge is 2.20. The average Bonchev–Trinajstić information content (AvgIpc) is 3.15. The molecule has 35 heavy (non-hydrogen) atoms. The number of aromatic nitrogens is 2. The summed E-state index contributed by atoms with van der Waals surface area (Å²) in [6.45, 7) is 2.24. The first-order chi connectivity index (χ1) is 16.8.